The molecule has 1 rings (SSSR count). The van der Waals surface area contributed by atoms with Crippen LogP contribution >= 0.6 is 11.6 Å². The second-order valence-corrected chi connectivity index (χ2v) is 4.67. The molecule has 0 heterocycles. The van der Waals surface area contributed by atoms with E-state index in [2.05, 4.69) is 24.5 Å². The topological polar surface area (TPSA) is 58.2 Å². The van der Waals surface area contributed by atoms with E-state index < -0.39 is 11.8 Å². The number of alkyl halides is 1. The van der Waals surface area contributed by atoms with E-state index in [1.165, 1.54) is 0 Å². The van der Waals surface area contributed by atoms with Crippen molar-refractivity contribution in [2.24, 2.45) is 0 Å². The van der Waals surface area contributed by atoms with E-state index in [1.54, 1.807) is 6.07 Å². The van der Waals surface area contributed by atoms with Crippen LogP contribution in [0.15, 0.2) is 24.3 Å². The SMILES string of the molecule is CCC(C)c1ccccc1NC(=O)C(=O)NCCCl. The Kier molecular flexibility index (Phi) is 6.36. The zero-order chi connectivity index (χ0) is 14.3. The van der Waals surface area contributed by atoms with Crippen molar-refractivity contribution in [1.29, 1.82) is 0 Å². The third kappa shape index (κ3) is 4.56. The molecule has 0 fully saturated rings. The molecule has 4 nitrogen and oxygen atoms in total. The molecule has 0 aliphatic rings. The van der Waals surface area contributed by atoms with E-state index in [9.17, 15) is 9.59 Å². The molecule has 0 bridgehead atoms. The molecular formula is C14H19ClN2O2. The smallest absolute Gasteiger partial charge is 0.313 e. The molecule has 0 aromatic heterocycles. The summed E-state index contributed by atoms with van der Waals surface area (Å²) in [5, 5.41) is 5.07. The Labute approximate surface area is 118 Å². The van der Waals surface area contributed by atoms with Gasteiger partial charge < -0.3 is 10.6 Å². The number of hydrogen-bond donors (Lipinski definition) is 2. The predicted molar refractivity (Wildman–Crippen MR) is 77.5 cm³/mol. The van der Waals surface area contributed by atoms with Crippen molar-refractivity contribution < 1.29 is 9.59 Å². The van der Waals surface area contributed by atoms with Crippen molar-refractivity contribution in [1.82, 2.24) is 5.32 Å². The minimum absolute atomic E-state index is 0.279. The number of amides is 2. The van der Waals surface area contributed by atoms with E-state index in [4.69, 9.17) is 11.6 Å². The van der Waals surface area contributed by atoms with Crippen molar-refractivity contribution in [3.05, 3.63) is 29.8 Å². The fourth-order valence-corrected chi connectivity index (χ4v) is 1.78. The van der Waals surface area contributed by atoms with Crippen LogP contribution in [0.1, 0.15) is 31.7 Å². The summed E-state index contributed by atoms with van der Waals surface area (Å²) in [6, 6.07) is 7.51. The van der Waals surface area contributed by atoms with Gasteiger partial charge in [0.15, 0.2) is 0 Å². The largest absolute Gasteiger partial charge is 0.347 e. The summed E-state index contributed by atoms with van der Waals surface area (Å²) < 4.78 is 0. The van der Waals surface area contributed by atoms with Gasteiger partial charge in [-0.15, -0.1) is 11.6 Å². The van der Waals surface area contributed by atoms with Gasteiger partial charge in [-0.2, -0.15) is 0 Å². The summed E-state index contributed by atoms with van der Waals surface area (Å²) in [6.45, 7) is 4.44. The highest BCUT2D eigenvalue weighted by atomic mass is 35.5. The monoisotopic (exact) mass is 282 g/mol. The van der Waals surface area contributed by atoms with Crippen molar-refractivity contribution in [2.75, 3.05) is 17.7 Å². The number of anilines is 1. The average molecular weight is 283 g/mol. The first kappa shape index (κ1) is 15.5. The maximum absolute atomic E-state index is 11.7. The molecule has 0 aliphatic heterocycles. The highest BCUT2D eigenvalue weighted by Crippen LogP contribution is 2.26. The summed E-state index contributed by atoms with van der Waals surface area (Å²) in [4.78, 5) is 23.2. The number of rotatable bonds is 5. The fourth-order valence-electron chi connectivity index (χ4n) is 1.68. The molecule has 2 N–H and O–H groups in total. The Bertz CT molecular complexity index is 449. The molecule has 2 amide bonds. The molecule has 1 aromatic carbocycles. The second-order valence-electron chi connectivity index (χ2n) is 4.30. The fraction of sp³-hybridized carbons (Fsp3) is 0.429. The Hall–Kier alpha value is -1.55. The first-order chi connectivity index (χ1) is 9.10. The average Bonchev–Trinajstić information content (AvgIpc) is 2.44. The molecule has 19 heavy (non-hydrogen) atoms. The van der Waals surface area contributed by atoms with Gasteiger partial charge in [0.2, 0.25) is 0 Å². The van der Waals surface area contributed by atoms with Gasteiger partial charge in [0, 0.05) is 18.1 Å². The van der Waals surface area contributed by atoms with Crippen molar-refractivity contribution in [2.45, 2.75) is 26.2 Å². The molecule has 1 aromatic rings. The van der Waals surface area contributed by atoms with Crippen LogP contribution in [-0.4, -0.2) is 24.2 Å². The molecule has 0 radical (unpaired) electrons. The lowest BCUT2D eigenvalue weighted by Gasteiger charge is -2.15. The van der Waals surface area contributed by atoms with Gasteiger partial charge in [0.05, 0.1) is 0 Å². The quantitative estimate of drug-likeness (QED) is 0.644. The third-order valence-corrected chi connectivity index (χ3v) is 3.13. The number of halogens is 1. The molecule has 1 unspecified atom stereocenters. The molecule has 0 saturated carbocycles. The van der Waals surface area contributed by atoms with Crippen molar-refractivity contribution in [3.8, 4) is 0 Å². The molecule has 5 heteroatoms. The van der Waals surface area contributed by atoms with Crippen LogP contribution in [-0.2, 0) is 9.59 Å². The Morgan fingerprint density at radius 1 is 1.26 bits per heavy atom. The normalized spacial score (nSPS) is 11.7. The van der Waals surface area contributed by atoms with E-state index in [1.807, 2.05) is 18.2 Å². The molecule has 104 valence electrons. The number of para-hydroxylation sites is 1. The van der Waals surface area contributed by atoms with E-state index in [-0.39, 0.29) is 12.4 Å². The molecular weight excluding hydrogens is 264 g/mol. The minimum Gasteiger partial charge on any atom is -0.347 e. The number of carbonyl (C=O) groups excluding carboxylic acids is 2. The maximum Gasteiger partial charge on any atom is 0.313 e. The zero-order valence-corrected chi connectivity index (χ0v) is 12.0. The van der Waals surface area contributed by atoms with E-state index >= 15 is 0 Å². The van der Waals surface area contributed by atoms with Gasteiger partial charge in [0.1, 0.15) is 0 Å². The maximum atomic E-state index is 11.7. The minimum atomic E-state index is -0.667. The zero-order valence-electron chi connectivity index (χ0n) is 11.2. The number of benzene rings is 1. The van der Waals surface area contributed by atoms with E-state index in [0.29, 0.717) is 11.6 Å². The van der Waals surface area contributed by atoms with Crippen LogP contribution in [0.4, 0.5) is 5.69 Å². The van der Waals surface area contributed by atoms with Crippen molar-refractivity contribution >= 4 is 29.1 Å². The first-order valence-corrected chi connectivity index (χ1v) is 6.87. The predicted octanol–water partition coefficient (Wildman–Crippen LogP) is 2.49. The standard InChI is InChI=1S/C14H19ClN2O2/c1-3-10(2)11-6-4-5-7-12(11)17-14(19)13(18)16-9-8-15/h4-7,10H,3,8-9H2,1-2H3,(H,16,18)(H,17,19). The summed E-state index contributed by atoms with van der Waals surface area (Å²) >= 11 is 5.45. The number of nitrogens with one attached hydrogen (secondary N) is 2. The molecule has 0 saturated heterocycles. The van der Waals surface area contributed by atoms with Gasteiger partial charge in [-0.25, -0.2) is 0 Å². The number of hydrogen-bond acceptors (Lipinski definition) is 2. The van der Waals surface area contributed by atoms with Crippen LogP contribution in [0.3, 0.4) is 0 Å². The van der Waals surface area contributed by atoms with Gasteiger partial charge in [-0.05, 0) is 24.0 Å². The molecule has 0 spiro atoms. The van der Waals surface area contributed by atoms with Crippen LogP contribution in [0.5, 0.6) is 0 Å². The molecule has 1 atom stereocenters. The van der Waals surface area contributed by atoms with Gasteiger partial charge in [-0.1, -0.05) is 32.0 Å². The Morgan fingerprint density at radius 3 is 2.58 bits per heavy atom. The van der Waals surface area contributed by atoms with Gasteiger partial charge in [-0.3, -0.25) is 9.59 Å². The lowest BCUT2D eigenvalue weighted by Crippen LogP contribution is -2.36. The van der Waals surface area contributed by atoms with Gasteiger partial charge >= 0.3 is 11.8 Å². The first-order valence-electron chi connectivity index (χ1n) is 6.34. The summed E-state index contributed by atoms with van der Waals surface area (Å²) in [6.07, 6.45) is 0.964. The molecule has 0 aliphatic carbocycles. The van der Waals surface area contributed by atoms with Crippen LogP contribution < -0.4 is 10.6 Å². The van der Waals surface area contributed by atoms with Crippen LogP contribution in [0.25, 0.3) is 0 Å². The lowest BCUT2D eigenvalue weighted by atomic mass is 9.97. The Balaban J connectivity index is 2.76. The van der Waals surface area contributed by atoms with Crippen LogP contribution in [0.2, 0.25) is 0 Å². The van der Waals surface area contributed by atoms with Crippen molar-refractivity contribution in [3.63, 3.8) is 0 Å². The summed E-state index contributed by atoms with van der Waals surface area (Å²) in [5.74, 6) is -0.731. The summed E-state index contributed by atoms with van der Waals surface area (Å²) in [7, 11) is 0. The second kappa shape index (κ2) is 7.79. The number of carbonyl (C=O) groups is 2. The third-order valence-electron chi connectivity index (χ3n) is 2.94. The van der Waals surface area contributed by atoms with Crippen LogP contribution in [0, 0.1) is 0 Å². The summed E-state index contributed by atoms with van der Waals surface area (Å²) in [5.41, 5.74) is 1.71. The highest BCUT2D eigenvalue weighted by Gasteiger charge is 2.16. The lowest BCUT2D eigenvalue weighted by molar-refractivity contribution is -0.136. The Morgan fingerprint density at radius 2 is 1.95 bits per heavy atom. The highest BCUT2D eigenvalue weighted by molar-refractivity contribution is 6.39. The van der Waals surface area contributed by atoms with E-state index in [0.717, 1.165) is 12.0 Å². The van der Waals surface area contributed by atoms with Gasteiger partial charge in [0.25, 0.3) is 0 Å².